The fourth-order valence-corrected chi connectivity index (χ4v) is 3.29. The van der Waals surface area contributed by atoms with Crippen molar-refractivity contribution in [2.75, 3.05) is 31.6 Å². The Hall–Kier alpha value is -1.81. The van der Waals surface area contributed by atoms with Crippen molar-refractivity contribution in [2.45, 2.75) is 13.0 Å². The highest BCUT2D eigenvalue weighted by Crippen LogP contribution is 2.31. The number of amides is 1. The third kappa shape index (κ3) is 5.34. The van der Waals surface area contributed by atoms with Crippen LogP contribution in [-0.2, 0) is 11.3 Å². The van der Waals surface area contributed by atoms with Gasteiger partial charge in [0, 0.05) is 25.0 Å². The molecule has 1 aromatic heterocycles. The number of anilines is 1. The molecular formula is C18H23IN4O2S. The summed E-state index contributed by atoms with van der Waals surface area (Å²) >= 11 is 1.71. The summed E-state index contributed by atoms with van der Waals surface area (Å²) in [5.41, 5.74) is 0.846. The number of carbonyl (C=O) groups is 1. The maximum atomic E-state index is 12.1. The highest BCUT2D eigenvalue weighted by molar-refractivity contribution is 14.0. The van der Waals surface area contributed by atoms with Crippen LogP contribution in [0.1, 0.15) is 11.3 Å². The van der Waals surface area contributed by atoms with Crippen LogP contribution in [-0.4, -0.2) is 38.6 Å². The largest absolute Gasteiger partial charge is 0.482 e. The first kappa shape index (κ1) is 20.5. The first-order valence-electron chi connectivity index (χ1n) is 8.27. The fraction of sp³-hybridized carbons (Fsp3) is 0.333. The van der Waals surface area contributed by atoms with Gasteiger partial charge in [0.2, 0.25) is 0 Å². The molecule has 1 aromatic carbocycles. The molecule has 0 saturated carbocycles. The lowest BCUT2D eigenvalue weighted by Gasteiger charge is -2.29. The lowest BCUT2D eigenvalue weighted by atomic mass is 10.2. The van der Waals surface area contributed by atoms with E-state index in [0.29, 0.717) is 6.54 Å². The zero-order valence-corrected chi connectivity index (χ0v) is 17.8. The van der Waals surface area contributed by atoms with Gasteiger partial charge < -0.3 is 20.3 Å². The molecule has 0 atom stereocenters. The van der Waals surface area contributed by atoms with Crippen LogP contribution in [0.3, 0.4) is 0 Å². The van der Waals surface area contributed by atoms with E-state index in [2.05, 4.69) is 27.1 Å². The molecule has 26 heavy (non-hydrogen) atoms. The average molecular weight is 486 g/mol. The molecule has 1 aliphatic rings. The minimum Gasteiger partial charge on any atom is -0.482 e. The van der Waals surface area contributed by atoms with Crippen molar-refractivity contribution >= 4 is 52.9 Å². The number of carbonyl (C=O) groups excluding carboxylic acids is 1. The number of nitrogens with one attached hydrogen (secondary N) is 2. The Morgan fingerprint density at radius 3 is 2.88 bits per heavy atom. The first-order chi connectivity index (χ1) is 12.3. The monoisotopic (exact) mass is 486 g/mol. The van der Waals surface area contributed by atoms with Crippen LogP contribution in [0.5, 0.6) is 5.75 Å². The summed E-state index contributed by atoms with van der Waals surface area (Å²) in [6, 6.07) is 11.8. The van der Waals surface area contributed by atoms with Crippen molar-refractivity contribution < 1.29 is 9.53 Å². The number of rotatable bonds is 6. The van der Waals surface area contributed by atoms with Crippen molar-refractivity contribution in [3.8, 4) is 5.75 Å². The first-order valence-corrected chi connectivity index (χ1v) is 9.15. The minimum atomic E-state index is -0.00102. The third-order valence-corrected chi connectivity index (χ3v) is 4.77. The zero-order valence-electron chi connectivity index (χ0n) is 14.6. The molecule has 2 aromatic rings. The summed E-state index contributed by atoms with van der Waals surface area (Å²) in [4.78, 5) is 19.4. The average Bonchev–Trinajstić information content (AvgIpc) is 3.16. The molecule has 2 heterocycles. The molecule has 3 rings (SSSR count). The summed E-state index contributed by atoms with van der Waals surface area (Å²) in [6.45, 7) is 2.24. The summed E-state index contributed by atoms with van der Waals surface area (Å²) in [5, 5.41) is 8.63. The number of hydrogen-bond acceptors (Lipinski definition) is 4. The summed E-state index contributed by atoms with van der Waals surface area (Å²) in [5.74, 6) is 1.53. The molecule has 0 spiro atoms. The predicted octanol–water partition coefficient (Wildman–Crippen LogP) is 2.85. The summed E-state index contributed by atoms with van der Waals surface area (Å²) in [6.07, 6.45) is 0.819. The van der Waals surface area contributed by atoms with E-state index >= 15 is 0 Å². The Kier molecular flexibility index (Phi) is 8.17. The van der Waals surface area contributed by atoms with E-state index in [-0.39, 0.29) is 36.5 Å². The minimum absolute atomic E-state index is 0. The molecule has 0 aliphatic carbocycles. The number of fused-ring (bicyclic) bond motifs is 1. The van der Waals surface area contributed by atoms with Gasteiger partial charge in [0.05, 0.1) is 12.2 Å². The van der Waals surface area contributed by atoms with Gasteiger partial charge in [0.1, 0.15) is 5.75 Å². The number of benzene rings is 1. The molecule has 1 amide bonds. The molecule has 6 nitrogen and oxygen atoms in total. The third-order valence-electron chi connectivity index (χ3n) is 3.89. The number of guanidine groups is 1. The van der Waals surface area contributed by atoms with Crippen molar-refractivity contribution in [1.29, 1.82) is 0 Å². The topological polar surface area (TPSA) is 66.0 Å². The lowest BCUT2D eigenvalue weighted by molar-refractivity contribution is -0.121. The van der Waals surface area contributed by atoms with E-state index < -0.39 is 0 Å². The van der Waals surface area contributed by atoms with Gasteiger partial charge in [-0.05, 0) is 30.0 Å². The molecule has 0 fully saturated rings. The molecule has 0 radical (unpaired) electrons. The summed E-state index contributed by atoms with van der Waals surface area (Å²) < 4.78 is 5.46. The molecule has 0 unspecified atom stereocenters. The van der Waals surface area contributed by atoms with Crippen LogP contribution in [0.15, 0.2) is 46.8 Å². The standard InChI is InChI=1S/C18H22N4O2S.HI/c1-19-18(21-12-14-6-4-11-25-14)20-9-5-10-22-15-7-2-3-8-16(15)24-13-17(22)23;/h2-4,6-8,11H,5,9-10,12-13H2,1H3,(H2,19,20,21);1H. The number of aliphatic imine (C=N–C) groups is 1. The number of para-hydroxylation sites is 2. The van der Waals surface area contributed by atoms with Crippen LogP contribution < -0.4 is 20.3 Å². The maximum Gasteiger partial charge on any atom is 0.265 e. The molecule has 0 bridgehead atoms. The van der Waals surface area contributed by atoms with Crippen molar-refractivity contribution in [2.24, 2.45) is 4.99 Å². The van der Waals surface area contributed by atoms with Gasteiger partial charge in [-0.2, -0.15) is 0 Å². The Balaban J connectivity index is 0.00000243. The number of hydrogen-bond donors (Lipinski definition) is 2. The SMILES string of the molecule is CN=C(NCCCN1C(=O)COc2ccccc21)NCc1cccs1.I. The Bertz CT molecular complexity index is 737. The molecular weight excluding hydrogens is 463 g/mol. The van der Waals surface area contributed by atoms with E-state index in [1.807, 2.05) is 30.3 Å². The lowest BCUT2D eigenvalue weighted by Crippen LogP contribution is -2.41. The predicted molar refractivity (Wildman–Crippen MR) is 117 cm³/mol. The van der Waals surface area contributed by atoms with E-state index in [4.69, 9.17) is 4.74 Å². The normalized spacial score (nSPS) is 13.5. The van der Waals surface area contributed by atoms with Crippen LogP contribution in [0.4, 0.5) is 5.69 Å². The van der Waals surface area contributed by atoms with Crippen LogP contribution in [0, 0.1) is 0 Å². The van der Waals surface area contributed by atoms with Gasteiger partial charge >= 0.3 is 0 Å². The van der Waals surface area contributed by atoms with Gasteiger partial charge in [-0.15, -0.1) is 35.3 Å². The van der Waals surface area contributed by atoms with E-state index in [1.54, 1.807) is 23.3 Å². The van der Waals surface area contributed by atoms with Crippen LogP contribution in [0.2, 0.25) is 0 Å². The second-order valence-corrected chi connectivity index (χ2v) is 6.62. The number of thiophene rings is 1. The smallest absolute Gasteiger partial charge is 0.265 e. The highest BCUT2D eigenvalue weighted by atomic mass is 127. The van der Waals surface area contributed by atoms with Crippen molar-refractivity contribution in [3.63, 3.8) is 0 Å². The van der Waals surface area contributed by atoms with E-state index in [0.717, 1.165) is 36.9 Å². The molecule has 140 valence electrons. The number of ether oxygens (including phenoxy) is 1. The van der Waals surface area contributed by atoms with Gasteiger partial charge in [-0.1, -0.05) is 18.2 Å². The summed E-state index contributed by atoms with van der Waals surface area (Å²) in [7, 11) is 1.76. The van der Waals surface area contributed by atoms with Crippen LogP contribution >= 0.6 is 35.3 Å². The van der Waals surface area contributed by atoms with Crippen molar-refractivity contribution in [1.82, 2.24) is 10.6 Å². The highest BCUT2D eigenvalue weighted by Gasteiger charge is 2.24. The quantitative estimate of drug-likeness (QED) is 0.285. The van der Waals surface area contributed by atoms with Gasteiger partial charge in [0.25, 0.3) is 5.91 Å². The van der Waals surface area contributed by atoms with Gasteiger partial charge in [0.15, 0.2) is 12.6 Å². The maximum absolute atomic E-state index is 12.1. The van der Waals surface area contributed by atoms with Gasteiger partial charge in [-0.25, -0.2) is 0 Å². The molecule has 1 aliphatic heterocycles. The molecule has 0 saturated heterocycles. The second-order valence-electron chi connectivity index (χ2n) is 5.59. The molecule has 2 N–H and O–H groups in total. The van der Waals surface area contributed by atoms with Crippen molar-refractivity contribution in [3.05, 3.63) is 46.7 Å². The van der Waals surface area contributed by atoms with Crippen LogP contribution in [0.25, 0.3) is 0 Å². The second kappa shape index (κ2) is 10.4. The fourth-order valence-electron chi connectivity index (χ4n) is 2.65. The number of nitrogens with zero attached hydrogens (tertiary/aromatic N) is 2. The zero-order chi connectivity index (χ0) is 17.5. The Morgan fingerprint density at radius 2 is 2.12 bits per heavy atom. The van der Waals surface area contributed by atoms with E-state index in [1.165, 1.54) is 4.88 Å². The van der Waals surface area contributed by atoms with Gasteiger partial charge in [-0.3, -0.25) is 9.79 Å². The molecule has 8 heteroatoms. The Morgan fingerprint density at radius 1 is 1.27 bits per heavy atom. The van der Waals surface area contributed by atoms with E-state index in [9.17, 15) is 4.79 Å². The Labute approximate surface area is 174 Å². The number of halogens is 1.